The molecule has 0 radical (unpaired) electrons. The molecule has 0 unspecified atom stereocenters. The van der Waals surface area contributed by atoms with E-state index in [0.717, 1.165) is 16.9 Å². The van der Waals surface area contributed by atoms with E-state index in [1.807, 2.05) is 7.05 Å². The minimum Gasteiger partial charge on any atom is -0.465 e. The largest absolute Gasteiger partial charge is 0.465 e. The van der Waals surface area contributed by atoms with Gasteiger partial charge in [0.25, 0.3) is 10.0 Å². The molecule has 0 aliphatic rings. The van der Waals surface area contributed by atoms with Gasteiger partial charge in [-0.2, -0.15) is 0 Å². The Kier molecular flexibility index (Phi) is 4.55. The number of nitrogens with one attached hydrogen (secondary N) is 1. The molecule has 0 spiro atoms. The molecule has 8 nitrogen and oxygen atoms in total. The van der Waals surface area contributed by atoms with Crippen LogP contribution in [0.25, 0.3) is 11.4 Å². The summed E-state index contributed by atoms with van der Waals surface area (Å²) < 4.78 is 33.9. The lowest BCUT2D eigenvalue weighted by Gasteiger charge is -2.09. The first-order chi connectivity index (χ1) is 11.9. The van der Waals surface area contributed by atoms with Crippen LogP contribution in [0, 0.1) is 0 Å². The predicted octanol–water partition coefficient (Wildman–Crippen LogP) is 2.13. The van der Waals surface area contributed by atoms with Gasteiger partial charge in [-0.05, 0) is 35.7 Å². The van der Waals surface area contributed by atoms with E-state index in [9.17, 15) is 13.2 Å². The van der Waals surface area contributed by atoms with Gasteiger partial charge in [-0.3, -0.25) is 4.72 Å². The summed E-state index contributed by atoms with van der Waals surface area (Å²) in [7, 11) is -0.882. The molecular weight excluding hydrogens is 364 g/mol. The molecule has 3 rings (SSSR count). The van der Waals surface area contributed by atoms with E-state index >= 15 is 0 Å². The Morgan fingerprint density at radius 2 is 1.96 bits per heavy atom. The van der Waals surface area contributed by atoms with Crippen molar-refractivity contribution in [3.05, 3.63) is 46.9 Å². The molecule has 10 heteroatoms. The normalized spacial score (nSPS) is 11.3. The Hall–Kier alpha value is -2.72. The molecule has 0 aliphatic heterocycles. The van der Waals surface area contributed by atoms with Crippen molar-refractivity contribution in [2.75, 3.05) is 11.8 Å². The third-order valence-corrected chi connectivity index (χ3v) is 5.84. The monoisotopic (exact) mass is 378 g/mol. The third-order valence-electron chi connectivity index (χ3n) is 3.40. The van der Waals surface area contributed by atoms with Crippen molar-refractivity contribution in [3.63, 3.8) is 0 Å². The molecule has 2 aromatic heterocycles. The number of aryl methyl sites for hydroxylation is 1. The van der Waals surface area contributed by atoms with Crippen LogP contribution in [-0.4, -0.2) is 36.3 Å². The fourth-order valence-corrected chi connectivity index (χ4v) is 4.59. The number of rotatable bonds is 5. The molecule has 0 fully saturated rings. The van der Waals surface area contributed by atoms with Crippen molar-refractivity contribution >= 4 is 33.0 Å². The molecule has 1 N–H and O–H groups in total. The number of anilines is 1. The Morgan fingerprint density at radius 1 is 1.24 bits per heavy atom. The molecular formula is C15H14N4O4S2. The van der Waals surface area contributed by atoms with Gasteiger partial charge in [0.1, 0.15) is 16.1 Å². The minimum absolute atomic E-state index is 0.0331. The fraction of sp³-hybridized carbons (Fsp3) is 0.133. The van der Waals surface area contributed by atoms with Crippen LogP contribution in [0.1, 0.15) is 9.67 Å². The molecule has 0 amide bonds. The van der Waals surface area contributed by atoms with Crippen LogP contribution in [0.15, 0.2) is 46.9 Å². The lowest BCUT2D eigenvalue weighted by molar-refractivity contribution is 0.0602. The van der Waals surface area contributed by atoms with Crippen molar-refractivity contribution in [2.45, 2.75) is 4.90 Å². The smallest absolute Gasteiger partial charge is 0.349 e. The van der Waals surface area contributed by atoms with Crippen molar-refractivity contribution in [2.24, 2.45) is 7.05 Å². The van der Waals surface area contributed by atoms with Crippen molar-refractivity contribution in [1.29, 1.82) is 0 Å². The van der Waals surface area contributed by atoms with Gasteiger partial charge in [0.05, 0.1) is 7.11 Å². The van der Waals surface area contributed by atoms with E-state index < -0.39 is 16.0 Å². The van der Waals surface area contributed by atoms with Gasteiger partial charge in [-0.15, -0.1) is 21.5 Å². The highest BCUT2D eigenvalue weighted by atomic mass is 32.2. The number of benzene rings is 1. The summed E-state index contributed by atoms with van der Waals surface area (Å²) in [5.41, 5.74) is 1.17. The number of ether oxygens (including phenoxy) is 1. The molecule has 0 aliphatic carbocycles. The number of carbonyl (C=O) groups is 1. The van der Waals surface area contributed by atoms with Crippen molar-refractivity contribution < 1.29 is 17.9 Å². The number of hydrogen-bond acceptors (Lipinski definition) is 7. The summed E-state index contributed by atoms with van der Waals surface area (Å²) in [5.74, 6) is -0.0202. The maximum atomic E-state index is 12.5. The molecule has 0 bridgehead atoms. The van der Waals surface area contributed by atoms with Gasteiger partial charge in [0, 0.05) is 18.3 Å². The second-order valence-electron chi connectivity index (χ2n) is 5.05. The third kappa shape index (κ3) is 3.39. The second kappa shape index (κ2) is 6.65. The van der Waals surface area contributed by atoms with Gasteiger partial charge >= 0.3 is 5.97 Å². The molecule has 2 heterocycles. The summed E-state index contributed by atoms with van der Waals surface area (Å²) in [4.78, 5) is 11.6. The second-order valence-corrected chi connectivity index (χ2v) is 7.62. The van der Waals surface area contributed by atoms with Gasteiger partial charge in [0.15, 0.2) is 5.82 Å². The zero-order chi connectivity index (χ0) is 18.0. The molecule has 0 saturated heterocycles. The number of thiophene rings is 1. The van der Waals surface area contributed by atoms with E-state index in [1.54, 1.807) is 35.2 Å². The molecule has 1 aromatic carbocycles. The van der Waals surface area contributed by atoms with E-state index in [-0.39, 0.29) is 9.77 Å². The Balaban J connectivity index is 1.86. The van der Waals surface area contributed by atoms with Crippen LogP contribution in [-0.2, 0) is 21.8 Å². The average molecular weight is 378 g/mol. The number of esters is 1. The highest BCUT2D eigenvalue weighted by molar-refractivity contribution is 7.93. The number of aromatic nitrogens is 3. The maximum absolute atomic E-state index is 12.5. The number of carbonyl (C=O) groups excluding carboxylic acids is 1. The Bertz CT molecular complexity index is 1010. The topological polar surface area (TPSA) is 103 Å². The first-order valence-electron chi connectivity index (χ1n) is 7.05. The van der Waals surface area contributed by atoms with Gasteiger partial charge in [-0.1, -0.05) is 0 Å². The van der Waals surface area contributed by atoms with Crippen LogP contribution in [0.3, 0.4) is 0 Å². The fourth-order valence-electron chi connectivity index (χ4n) is 2.19. The summed E-state index contributed by atoms with van der Waals surface area (Å²) >= 11 is 1.01. The average Bonchev–Trinajstić information content (AvgIpc) is 3.24. The van der Waals surface area contributed by atoms with E-state index in [1.165, 1.54) is 18.6 Å². The molecule has 3 aromatic rings. The summed E-state index contributed by atoms with van der Waals surface area (Å²) in [5, 5.41) is 9.33. The number of nitrogens with zero attached hydrogens (tertiary/aromatic N) is 3. The van der Waals surface area contributed by atoms with E-state index in [0.29, 0.717) is 11.5 Å². The quantitative estimate of drug-likeness (QED) is 0.682. The van der Waals surface area contributed by atoms with E-state index in [2.05, 4.69) is 19.7 Å². The highest BCUT2D eigenvalue weighted by Crippen LogP contribution is 2.26. The van der Waals surface area contributed by atoms with Crippen LogP contribution < -0.4 is 4.72 Å². The predicted molar refractivity (Wildman–Crippen MR) is 92.9 cm³/mol. The van der Waals surface area contributed by atoms with Gasteiger partial charge in [-0.25, -0.2) is 13.2 Å². The van der Waals surface area contributed by atoms with Gasteiger partial charge < -0.3 is 9.30 Å². The molecule has 25 heavy (non-hydrogen) atoms. The SMILES string of the molecule is COC(=O)c1sccc1S(=O)(=O)Nc1ccc(-c2nncn2C)cc1. The van der Waals surface area contributed by atoms with Crippen LogP contribution in [0.5, 0.6) is 0 Å². The first kappa shape index (κ1) is 17.1. The molecule has 0 saturated carbocycles. The minimum atomic E-state index is -3.90. The van der Waals surface area contributed by atoms with Crippen molar-refractivity contribution in [3.8, 4) is 11.4 Å². The van der Waals surface area contributed by atoms with Crippen molar-refractivity contribution in [1.82, 2.24) is 14.8 Å². The zero-order valence-corrected chi connectivity index (χ0v) is 15.0. The maximum Gasteiger partial charge on any atom is 0.349 e. The van der Waals surface area contributed by atoms with Crippen LogP contribution in [0.4, 0.5) is 5.69 Å². The first-order valence-corrected chi connectivity index (χ1v) is 9.41. The number of methoxy groups -OCH3 is 1. The molecule has 130 valence electrons. The highest BCUT2D eigenvalue weighted by Gasteiger charge is 2.24. The van der Waals surface area contributed by atoms with Crippen LogP contribution >= 0.6 is 11.3 Å². The Labute approximate surface area is 148 Å². The van der Waals surface area contributed by atoms with Gasteiger partial charge in [0.2, 0.25) is 0 Å². The number of sulfonamides is 1. The standard InChI is InChI=1S/C15H14N4O4S2/c1-19-9-16-17-14(19)10-3-5-11(6-4-10)18-25(21,22)12-7-8-24-13(12)15(20)23-2/h3-9,18H,1-2H3. The number of hydrogen-bond donors (Lipinski definition) is 1. The summed E-state index contributed by atoms with van der Waals surface area (Å²) in [6.07, 6.45) is 1.58. The molecule has 0 atom stereocenters. The summed E-state index contributed by atoms with van der Waals surface area (Å²) in [6.45, 7) is 0. The lowest BCUT2D eigenvalue weighted by atomic mass is 10.2. The van der Waals surface area contributed by atoms with Crippen LogP contribution in [0.2, 0.25) is 0 Å². The van der Waals surface area contributed by atoms with E-state index in [4.69, 9.17) is 0 Å². The Morgan fingerprint density at radius 3 is 2.56 bits per heavy atom. The zero-order valence-electron chi connectivity index (χ0n) is 13.3. The lowest BCUT2D eigenvalue weighted by Crippen LogP contribution is -2.15. The summed E-state index contributed by atoms with van der Waals surface area (Å²) in [6, 6.07) is 8.07.